The number of sulfonamides is 1. The summed E-state index contributed by atoms with van der Waals surface area (Å²) in [6, 6.07) is 10.8. The van der Waals surface area contributed by atoms with Crippen molar-refractivity contribution in [2.24, 2.45) is 0 Å². The molecule has 30 heavy (non-hydrogen) atoms. The second kappa shape index (κ2) is 8.49. The first kappa shape index (κ1) is 21.0. The molecule has 2 aliphatic heterocycles. The van der Waals surface area contributed by atoms with Crippen molar-refractivity contribution in [3.05, 3.63) is 47.5 Å². The van der Waals surface area contributed by atoms with E-state index in [2.05, 4.69) is 5.32 Å². The fourth-order valence-electron chi connectivity index (χ4n) is 3.73. The Morgan fingerprint density at radius 3 is 2.70 bits per heavy atom. The summed E-state index contributed by atoms with van der Waals surface area (Å²) in [5.74, 6) is 2.02. The lowest BCUT2D eigenvalue weighted by Crippen LogP contribution is -2.33. The standard InChI is InChI=1S/C21H24N2O5S2/c1-14-11-17(22-15(2)24)4-6-21(14)30(25,26)23-8-7-20(29-10-9-23)16-3-5-18-19(12-16)28-13-27-18/h3-6,11-12,20H,7-10,13H2,1-2H3,(H,22,24). The van der Waals surface area contributed by atoms with Crippen LogP contribution < -0.4 is 14.8 Å². The monoisotopic (exact) mass is 448 g/mol. The van der Waals surface area contributed by atoms with E-state index in [4.69, 9.17) is 9.47 Å². The lowest BCUT2D eigenvalue weighted by atomic mass is 10.1. The molecule has 7 nitrogen and oxygen atoms in total. The number of hydrogen-bond acceptors (Lipinski definition) is 6. The molecule has 1 saturated heterocycles. The molecule has 1 atom stereocenters. The van der Waals surface area contributed by atoms with Gasteiger partial charge in [-0.1, -0.05) is 6.07 Å². The van der Waals surface area contributed by atoms with E-state index >= 15 is 0 Å². The van der Waals surface area contributed by atoms with Crippen LogP contribution in [-0.2, 0) is 14.8 Å². The average Bonchev–Trinajstić information content (AvgIpc) is 3.01. The van der Waals surface area contributed by atoms with Gasteiger partial charge in [-0.3, -0.25) is 4.79 Å². The van der Waals surface area contributed by atoms with Gasteiger partial charge < -0.3 is 14.8 Å². The summed E-state index contributed by atoms with van der Waals surface area (Å²) in [6.07, 6.45) is 0.715. The van der Waals surface area contributed by atoms with Crippen LogP contribution in [0.1, 0.15) is 29.7 Å². The number of fused-ring (bicyclic) bond motifs is 1. The third-order valence-corrected chi connectivity index (χ3v) is 8.57. The van der Waals surface area contributed by atoms with Crippen molar-refractivity contribution in [3.8, 4) is 11.5 Å². The minimum Gasteiger partial charge on any atom is -0.454 e. The third-order valence-electron chi connectivity index (χ3n) is 5.18. The zero-order valence-electron chi connectivity index (χ0n) is 16.9. The largest absolute Gasteiger partial charge is 0.454 e. The number of carbonyl (C=O) groups excluding carboxylic acids is 1. The van der Waals surface area contributed by atoms with Crippen LogP contribution in [0.3, 0.4) is 0 Å². The maximum atomic E-state index is 13.3. The number of aryl methyl sites for hydroxylation is 1. The molecule has 0 aromatic heterocycles. The smallest absolute Gasteiger partial charge is 0.243 e. The van der Waals surface area contributed by atoms with E-state index in [9.17, 15) is 13.2 Å². The molecule has 0 radical (unpaired) electrons. The number of benzene rings is 2. The zero-order chi connectivity index (χ0) is 21.3. The van der Waals surface area contributed by atoms with Crippen molar-refractivity contribution < 1.29 is 22.7 Å². The molecule has 1 unspecified atom stereocenters. The summed E-state index contributed by atoms with van der Waals surface area (Å²) in [6.45, 7) is 4.32. The Labute approximate surface area is 180 Å². The number of carbonyl (C=O) groups is 1. The molecule has 2 aromatic carbocycles. The molecule has 0 spiro atoms. The van der Waals surface area contributed by atoms with Gasteiger partial charge in [0, 0.05) is 36.7 Å². The first-order valence-corrected chi connectivity index (χ1v) is 12.2. The highest BCUT2D eigenvalue weighted by molar-refractivity contribution is 7.99. The molecule has 1 fully saturated rings. The summed E-state index contributed by atoms with van der Waals surface area (Å²) >= 11 is 1.76. The minimum absolute atomic E-state index is 0.191. The lowest BCUT2D eigenvalue weighted by Gasteiger charge is -2.21. The highest BCUT2D eigenvalue weighted by atomic mass is 32.2. The maximum Gasteiger partial charge on any atom is 0.243 e. The van der Waals surface area contributed by atoms with Gasteiger partial charge in [0.1, 0.15) is 0 Å². The van der Waals surface area contributed by atoms with Crippen molar-refractivity contribution in [3.63, 3.8) is 0 Å². The van der Waals surface area contributed by atoms with Crippen LogP contribution in [0.25, 0.3) is 0 Å². The van der Waals surface area contributed by atoms with Crippen LogP contribution in [0, 0.1) is 6.92 Å². The molecule has 2 heterocycles. The van der Waals surface area contributed by atoms with E-state index in [1.165, 1.54) is 6.92 Å². The number of anilines is 1. The van der Waals surface area contributed by atoms with Crippen LogP contribution in [0.5, 0.6) is 11.5 Å². The number of nitrogens with zero attached hydrogens (tertiary/aromatic N) is 1. The summed E-state index contributed by atoms with van der Waals surface area (Å²) in [4.78, 5) is 11.5. The quantitative estimate of drug-likeness (QED) is 0.770. The van der Waals surface area contributed by atoms with Crippen molar-refractivity contribution in [1.29, 1.82) is 0 Å². The Bertz CT molecular complexity index is 1070. The van der Waals surface area contributed by atoms with Crippen molar-refractivity contribution in [2.45, 2.75) is 30.4 Å². The number of ether oxygens (including phenoxy) is 2. The second-order valence-electron chi connectivity index (χ2n) is 7.33. The minimum atomic E-state index is -3.61. The summed E-state index contributed by atoms with van der Waals surface area (Å²) < 4.78 is 39.0. The number of thioether (sulfide) groups is 1. The Morgan fingerprint density at radius 2 is 1.93 bits per heavy atom. The van der Waals surface area contributed by atoms with Crippen molar-refractivity contribution in [1.82, 2.24) is 4.31 Å². The fraction of sp³-hybridized carbons (Fsp3) is 0.381. The van der Waals surface area contributed by atoms with E-state index in [0.717, 1.165) is 17.1 Å². The molecular formula is C21H24N2O5S2. The Morgan fingerprint density at radius 1 is 1.13 bits per heavy atom. The average molecular weight is 449 g/mol. The van der Waals surface area contributed by atoms with Crippen LogP contribution in [-0.4, -0.2) is 44.3 Å². The number of rotatable bonds is 4. The molecule has 0 saturated carbocycles. The maximum absolute atomic E-state index is 13.3. The Hall–Kier alpha value is -2.23. The van der Waals surface area contributed by atoms with Gasteiger partial charge in [-0.2, -0.15) is 16.1 Å². The normalized spacial score (nSPS) is 19.3. The van der Waals surface area contributed by atoms with E-state index < -0.39 is 10.0 Å². The van der Waals surface area contributed by atoms with Gasteiger partial charge in [0.05, 0.1) is 4.90 Å². The highest BCUT2D eigenvalue weighted by Gasteiger charge is 2.30. The van der Waals surface area contributed by atoms with Crippen LogP contribution in [0.15, 0.2) is 41.3 Å². The number of hydrogen-bond donors (Lipinski definition) is 1. The van der Waals surface area contributed by atoms with Crippen LogP contribution in [0.2, 0.25) is 0 Å². The van der Waals surface area contributed by atoms with Gasteiger partial charge >= 0.3 is 0 Å². The van der Waals surface area contributed by atoms with Gasteiger partial charge in [-0.05, 0) is 54.8 Å². The van der Waals surface area contributed by atoms with Crippen molar-refractivity contribution in [2.75, 3.05) is 31.0 Å². The second-order valence-corrected chi connectivity index (χ2v) is 10.5. The molecule has 9 heteroatoms. The first-order chi connectivity index (χ1) is 14.3. The number of amides is 1. The Balaban J connectivity index is 1.50. The molecule has 160 valence electrons. The Kier molecular flexibility index (Phi) is 5.95. The van der Waals surface area contributed by atoms with Gasteiger partial charge in [-0.15, -0.1) is 0 Å². The van der Waals surface area contributed by atoms with Crippen LogP contribution in [0.4, 0.5) is 5.69 Å². The molecular weight excluding hydrogens is 424 g/mol. The summed E-state index contributed by atoms with van der Waals surface area (Å²) in [7, 11) is -3.61. The molecule has 2 aliphatic rings. The molecule has 0 aliphatic carbocycles. The molecule has 1 N–H and O–H groups in total. The predicted molar refractivity (Wildman–Crippen MR) is 117 cm³/mol. The van der Waals surface area contributed by atoms with Gasteiger partial charge in [0.2, 0.25) is 22.7 Å². The SMILES string of the molecule is CC(=O)Nc1ccc(S(=O)(=O)N2CCSC(c3ccc4c(c3)OCO4)CC2)c(C)c1. The van der Waals surface area contributed by atoms with E-state index in [1.54, 1.807) is 41.2 Å². The van der Waals surface area contributed by atoms with Gasteiger partial charge in [0.15, 0.2) is 11.5 Å². The van der Waals surface area contributed by atoms with Gasteiger partial charge in [0.25, 0.3) is 0 Å². The van der Waals surface area contributed by atoms with Crippen molar-refractivity contribution >= 4 is 33.4 Å². The van der Waals surface area contributed by atoms with E-state index in [1.807, 2.05) is 18.2 Å². The molecule has 0 bridgehead atoms. The van der Waals surface area contributed by atoms with E-state index in [-0.39, 0.29) is 22.8 Å². The summed E-state index contributed by atoms with van der Waals surface area (Å²) in [5.41, 5.74) is 2.33. The first-order valence-electron chi connectivity index (χ1n) is 9.74. The molecule has 4 rings (SSSR count). The fourth-order valence-corrected chi connectivity index (χ4v) is 6.73. The zero-order valence-corrected chi connectivity index (χ0v) is 18.5. The predicted octanol–water partition coefficient (Wildman–Crippen LogP) is 3.55. The van der Waals surface area contributed by atoms with Gasteiger partial charge in [-0.25, -0.2) is 8.42 Å². The third kappa shape index (κ3) is 4.28. The highest BCUT2D eigenvalue weighted by Crippen LogP contribution is 2.41. The lowest BCUT2D eigenvalue weighted by molar-refractivity contribution is -0.114. The topological polar surface area (TPSA) is 84.9 Å². The van der Waals surface area contributed by atoms with E-state index in [0.29, 0.717) is 36.5 Å². The number of nitrogens with one attached hydrogen (secondary N) is 1. The molecule has 2 aromatic rings. The van der Waals surface area contributed by atoms with Crippen LogP contribution >= 0.6 is 11.8 Å². The summed E-state index contributed by atoms with van der Waals surface area (Å²) in [5, 5.41) is 2.88. The molecule has 1 amide bonds.